The van der Waals surface area contributed by atoms with Gasteiger partial charge in [0, 0.05) is 6.54 Å². The van der Waals surface area contributed by atoms with Gasteiger partial charge < -0.3 is 10.5 Å². The SMILES string of the molecule is CC(F)(CN)COc1ccccc1. The van der Waals surface area contributed by atoms with Crippen molar-refractivity contribution in [3.8, 4) is 5.75 Å². The second-order valence-electron chi connectivity index (χ2n) is 3.22. The molecule has 0 aromatic heterocycles. The van der Waals surface area contributed by atoms with Crippen molar-refractivity contribution >= 4 is 0 Å². The summed E-state index contributed by atoms with van der Waals surface area (Å²) in [5.74, 6) is 0.667. The molecule has 2 N–H and O–H groups in total. The van der Waals surface area contributed by atoms with E-state index in [1.54, 1.807) is 12.1 Å². The van der Waals surface area contributed by atoms with Crippen molar-refractivity contribution in [2.24, 2.45) is 5.73 Å². The molecule has 0 saturated carbocycles. The monoisotopic (exact) mass is 183 g/mol. The Hall–Kier alpha value is -1.09. The van der Waals surface area contributed by atoms with E-state index in [1.165, 1.54) is 6.92 Å². The first-order valence-electron chi connectivity index (χ1n) is 4.21. The first kappa shape index (κ1) is 9.99. The lowest BCUT2D eigenvalue weighted by Crippen LogP contribution is -2.35. The van der Waals surface area contributed by atoms with Crippen LogP contribution in [0.25, 0.3) is 0 Å². The number of halogens is 1. The van der Waals surface area contributed by atoms with Crippen LogP contribution in [0.1, 0.15) is 6.92 Å². The Morgan fingerprint density at radius 2 is 2.00 bits per heavy atom. The highest BCUT2D eigenvalue weighted by Crippen LogP contribution is 2.13. The average molecular weight is 183 g/mol. The summed E-state index contributed by atoms with van der Waals surface area (Å²) in [6.45, 7) is 1.39. The van der Waals surface area contributed by atoms with Crippen LogP contribution in [0.3, 0.4) is 0 Å². The molecule has 3 heteroatoms. The molecule has 1 aromatic rings. The van der Waals surface area contributed by atoms with Gasteiger partial charge in [0.1, 0.15) is 12.4 Å². The summed E-state index contributed by atoms with van der Waals surface area (Å²) < 4.78 is 18.5. The molecule has 1 rings (SSSR count). The van der Waals surface area contributed by atoms with E-state index in [1.807, 2.05) is 18.2 Å². The zero-order valence-corrected chi connectivity index (χ0v) is 7.66. The predicted molar refractivity (Wildman–Crippen MR) is 50.5 cm³/mol. The van der Waals surface area contributed by atoms with Gasteiger partial charge >= 0.3 is 0 Å². The Morgan fingerprint density at radius 3 is 2.54 bits per heavy atom. The summed E-state index contributed by atoms with van der Waals surface area (Å²) >= 11 is 0. The van der Waals surface area contributed by atoms with E-state index < -0.39 is 5.67 Å². The van der Waals surface area contributed by atoms with Crippen molar-refractivity contribution in [3.63, 3.8) is 0 Å². The predicted octanol–water partition coefficient (Wildman–Crippen LogP) is 1.75. The number of benzene rings is 1. The minimum Gasteiger partial charge on any atom is -0.490 e. The maximum Gasteiger partial charge on any atom is 0.154 e. The second kappa shape index (κ2) is 4.23. The molecule has 1 unspecified atom stereocenters. The Labute approximate surface area is 77.5 Å². The summed E-state index contributed by atoms with van der Waals surface area (Å²) in [4.78, 5) is 0. The molecule has 0 radical (unpaired) electrons. The van der Waals surface area contributed by atoms with E-state index in [-0.39, 0.29) is 13.2 Å². The second-order valence-corrected chi connectivity index (χ2v) is 3.22. The zero-order chi connectivity index (χ0) is 9.73. The Kier molecular flexibility index (Phi) is 3.25. The van der Waals surface area contributed by atoms with Crippen molar-refractivity contribution in [3.05, 3.63) is 30.3 Å². The molecule has 2 nitrogen and oxygen atoms in total. The quantitative estimate of drug-likeness (QED) is 0.771. The molecule has 1 atom stereocenters. The third kappa shape index (κ3) is 3.42. The molecule has 0 saturated heterocycles. The van der Waals surface area contributed by atoms with E-state index in [0.29, 0.717) is 5.75 Å². The van der Waals surface area contributed by atoms with Crippen LogP contribution >= 0.6 is 0 Å². The van der Waals surface area contributed by atoms with Gasteiger partial charge in [-0.05, 0) is 19.1 Å². The first-order chi connectivity index (χ1) is 6.14. The fourth-order valence-corrected chi connectivity index (χ4v) is 0.809. The van der Waals surface area contributed by atoms with Gasteiger partial charge in [0.2, 0.25) is 0 Å². The van der Waals surface area contributed by atoms with E-state index in [0.717, 1.165) is 0 Å². The highest BCUT2D eigenvalue weighted by atomic mass is 19.1. The summed E-state index contributed by atoms with van der Waals surface area (Å²) in [7, 11) is 0. The average Bonchev–Trinajstić information content (AvgIpc) is 2.17. The van der Waals surface area contributed by atoms with Crippen LogP contribution in [0.15, 0.2) is 30.3 Å². The van der Waals surface area contributed by atoms with Crippen LogP contribution in [0.2, 0.25) is 0 Å². The summed E-state index contributed by atoms with van der Waals surface area (Å²) in [6, 6.07) is 9.13. The largest absolute Gasteiger partial charge is 0.490 e. The summed E-state index contributed by atoms with van der Waals surface area (Å²) in [5, 5.41) is 0. The molecule has 0 heterocycles. The van der Waals surface area contributed by atoms with Crippen LogP contribution in [0, 0.1) is 0 Å². The number of hydrogen-bond donors (Lipinski definition) is 1. The van der Waals surface area contributed by atoms with Gasteiger partial charge in [-0.1, -0.05) is 18.2 Å². The normalized spacial score (nSPS) is 15.0. The number of alkyl halides is 1. The molecule has 1 aromatic carbocycles. The molecule has 0 amide bonds. The summed E-state index contributed by atoms with van der Waals surface area (Å²) in [6.07, 6.45) is 0. The van der Waals surface area contributed by atoms with Crippen molar-refractivity contribution in [2.45, 2.75) is 12.6 Å². The zero-order valence-electron chi connectivity index (χ0n) is 7.66. The highest BCUT2D eigenvalue weighted by molar-refractivity contribution is 5.21. The number of ether oxygens (including phenoxy) is 1. The van der Waals surface area contributed by atoms with Gasteiger partial charge in [-0.2, -0.15) is 0 Å². The molecular weight excluding hydrogens is 169 g/mol. The van der Waals surface area contributed by atoms with Crippen molar-refractivity contribution < 1.29 is 9.13 Å². The number of hydrogen-bond acceptors (Lipinski definition) is 2. The highest BCUT2D eigenvalue weighted by Gasteiger charge is 2.21. The van der Waals surface area contributed by atoms with E-state index in [2.05, 4.69) is 0 Å². The van der Waals surface area contributed by atoms with Crippen molar-refractivity contribution in [1.29, 1.82) is 0 Å². The van der Waals surface area contributed by atoms with Crippen LogP contribution in [-0.2, 0) is 0 Å². The molecule has 0 aliphatic rings. The molecule has 72 valence electrons. The van der Waals surface area contributed by atoms with Gasteiger partial charge in [0.25, 0.3) is 0 Å². The molecule has 13 heavy (non-hydrogen) atoms. The first-order valence-corrected chi connectivity index (χ1v) is 4.21. The van der Waals surface area contributed by atoms with Crippen molar-refractivity contribution in [1.82, 2.24) is 0 Å². The fraction of sp³-hybridized carbons (Fsp3) is 0.400. The molecule has 0 spiro atoms. The van der Waals surface area contributed by atoms with E-state index in [9.17, 15) is 4.39 Å². The molecule has 0 aliphatic carbocycles. The molecule has 0 fully saturated rings. The third-order valence-electron chi connectivity index (χ3n) is 1.71. The Balaban J connectivity index is 2.44. The van der Waals surface area contributed by atoms with E-state index >= 15 is 0 Å². The Bertz CT molecular complexity index is 248. The maximum atomic E-state index is 13.3. The lowest BCUT2D eigenvalue weighted by atomic mass is 10.1. The van der Waals surface area contributed by atoms with Crippen molar-refractivity contribution in [2.75, 3.05) is 13.2 Å². The number of rotatable bonds is 4. The van der Waals surface area contributed by atoms with E-state index in [4.69, 9.17) is 10.5 Å². The number of nitrogens with two attached hydrogens (primary N) is 1. The number of para-hydroxylation sites is 1. The minimum absolute atomic E-state index is 0.00644. The molecule has 0 bridgehead atoms. The minimum atomic E-state index is -1.45. The van der Waals surface area contributed by atoms with Gasteiger partial charge in [0.05, 0.1) is 0 Å². The fourth-order valence-electron chi connectivity index (χ4n) is 0.809. The molecule has 0 aliphatic heterocycles. The smallest absolute Gasteiger partial charge is 0.154 e. The van der Waals surface area contributed by atoms with Crippen LogP contribution in [0.4, 0.5) is 4.39 Å². The standard InChI is InChI=1S/C10H14FNO/c1-10(11,7-12)8-13-9-5-3-2-4-6-9/h2-6H,7-8,12H2,1H3. The summed E-state index contributed by atoms with van der Waals surface area (Å²) in [5.41, 5.74) is 3.77. The Morgan fingerprint density at radius 1 is 1.38 bits per heavy atom. The van der Waals surface area contributed by atoms with Crippen LogP contribution in [-0.4, -0.2) is 18.8 Å². The van der Waals surface area contributed by atoms with Gasteiger partial charge in [-0.25, -0.2) is 4.39 Å². The van der Waals surface area contributed by atoms with Crippen LogP contribution < -0.4 is 10.5 Å². The van der Waals surface area contributed by atoms with Gasteiger partial charge in [0.15, 0.2) is 5.67 Å². The van der Waals surface area contributed by atoms with Gasteiger partial charge in [-0.3, -0.25) is 0 Å². The third-order valence-corrected chi connectivity index (χ3v) is 1.71. The lowest BCUT2D eigenvalue weighted by Gasteiger charge is -2.18. The topological polar surface area (TPSA) is 35.2 Å². The lowest BCUT2D eigenvalue weighted by molar-refractivity contribution is 0.110. The molecular formula is C10H14FNO. The maximum absolute atomic E-state index is 13.3. The van der Waals surface area contributed by atoms with Crippen LogP contribution in [0.5, 0.6) is 5.75 Å². The van der Waals surface area contributed by atoms with Gasteiger partial charge in [-0.15, -0.1) is 0 Å².